The Morgan fingerprint density at radius 2 is 1.96 bits per heavy atom. The molecule has 7 heteroatoms. The Balaban J connectivity index is 1.48. The number of fused-ring (bicyclic) bond motifs is 1. The van der Waals surface area contributed by atoms with E-state index >= 15 is 0 Å². The van der Waals surface area contributed by atoms with Crippen molar-refractivity contribution in [3.8, 4) is 0 Å². The van der Waals surface area contributed by atoms with Crippen LogP contribution in [0.1, 0.15) is 22.3 Å². The number of hydrogen-bond donors (Lipinski definition) is 0. The third kappa shape index (κ3) is 3.52. The number of carbonyl (C=O) groups is 1. The molecule has 2 aliphatic rings. The molecule has 2 atom stereocenters. The van der Waals surface area contributed by atoms with Crippen LogP contribution in [-0.2, 0) is 11.3 Å². The molecule has 0 N–H and O–H groups in total. The number of hydrogen-bond acceptors (Lipinski definition) is 6. The van der Waals surface area contributed by atoms with Gasteiger partial charge in [-0.3, -0.25) is 14.7 Å². The fourth-order valence-electron chi connectivity index (χ4n) is 3.64. The number of likely N-dealkylation sites (tertiary alicyclic amines) is 1. The first-order chi connectivity index (χ1) is 12.3. The summed E-state index contributed by atoms with van der Waals surface area (Å²) in [6.07, 6.45) is 9.28. The number of ether oxygens (including phenoxy) is 1. The number of aromatic nitrogens is 3. The lowest BCUT2D eigenvalue weighted by Gasteiger charge is -2.47. The lowest BCUT2D eigenvalue weighted by Crippen LogP contribution is -2.60. The minimum atomic E-state index is -0.00603. The van der Waals surface area contributed by atoms with Crippen LogP contribution < -0.4 is 0 Å². The van der Waals surface area contributed by atoms with Crippen molar-refractivity contribution in [1.82, 2.24) is 24.8 Å². The highest BCUT2D eigenvalue weighted by Gasteiger charge is 2.38. The quantitative estimate of drug-likeness (QED) is 0.830. The largest absolute Gasteiger partial charge is 0.375 e. The fourth-order valence-corrected chi connectivity index (χ4v) is 3.64. The van der Waals surface area contributed by atoms with E-state index in [1.165, 1.54) is 11.9 Å². The van der Waals surface area contributed by atoms with Crippen LogP contribution in [0, 0.1) is 0 Å². The summed E-state index contributed by atoms with van der Waals surface area (Å²) in [6.45, 7) is 3.84. The topological polar surface area (TPSA) is 71.5 Å². The van der Waals surface area contributed by atoms with Gasteiger partial charge in [-0.1, -0.05) is 0 Å². The second-order valence-corrected chi connectivity index (χ2v) is 6.47. The summed E-state index contributed by atoms with van der Waals surface area (Å²) in [5.41, 5.74) is 1.77. The Labute approximate surface area is 146 Å². The number of nitrogens with zero attached hydrogens (tertiary/aromatic N) is 5. The minimum Gasteiger partial charge on any atom is -0.375 e. The average molecular weight is 339 g/mol. The zero-order chi connectivity index (χ0) is 17.1. The standard InChI is InChI=1S/C18H21N5O2/c24-18(15-9-20-13-21-10-15)23-6-3-17-16(12-23)22(7-8-25-17)11-14-1-4-19-5-2-14/h1-2,4-5,9-10,13,16-17H,3,6-8,11-12H2/t16-,17-/m1/s1. The monoisotopic (exact) mass is 339 g/mol. The van der Waals surface area contributed by atoms with Gasteiger partial charge in [-0.25, -0.2) is 9.97 Å². The van der Waals surface area contributed by atoms with E-state index in [0.29, 0.717) is 18.7 Å². The molecule has 130 valence electrons. The number of morpholine rings is 1. The van der Waals surface area contributed by atoms with Crippen molar-refractivity contribution in [3.05, 3.63) is 54.4 Å². The average Bonchev–Trinajstić information content (AvgIpc) is 2.69. The lowest BCUT2D eigenvalue weighted by atomic mass is 9.97. The van der Waals surface area contributed by atoms with Gasteiger partial charge in [-0.05, 0) is 24.1 Å². The van der Waals surface area contributed by atoms with Gasteiger partial charge in [-0.15, -0.1) is 0 Å². The molecular formula is C18H21N5O2. The van der Waals surface area contributed by atoms with Gasteiger partial charge in [-0.2, -0.15) is 0 Å². The van der Waals surface area contributed by atoms with Crippen LogP contribution in [-0.4, -0.2) is 69.0 Å². The third-order valence-corrected chi connectivity index (χ3v) is 4.93. The van der Waals surface area contributed by atoms with E-state index in [2.05, 4.69) is 19.9 Å². The molecule has 0 bridgehead atoms. The molecule has 0 aliphatic carbocycles. The predicted molar refractivity (Wildman–Crippen MR) is 90.7 cm³/mol. The summed E-state index contributed by atoms with van der Waals surface area (Å²) in [4.78, 5) is 29.0. The van der Waals surface area contributed by atoms with Crippen molar-refractivity contribution in [2.75, 3.05) is 26.2 Å². The number of pyridine rings is 1. The first-order valence-electron chi connectivity index (χ1n) is 8.60. The van der Waals surface area contributed by atoms with Crippen LogP contribution in [0.2, 0.25) is 0 Å². The first kappa shape index (κ1) is 16.1. The van der Waals surface area contributed by atoms with E-state index in [0.717, 1.165) is 26.1 Å². The summed E-state index contributed by atoms with van der Waals surface area (Å²) in [7, 11) is 0. The zero-order valence-electron chi connectivity index (χ0n) is 14.0. The molecule has 4 heterocycles. The molecule has 4 rings (SSSR count). The molecular weight excluding hydrogens is 318 g/mol. The maximum Gasteiger partial charge on any atom is 0.257 e. The number of piperidine rings is 1. The summed E-state index contributed by atoms with van der Waals surface area (Å²) >= 11 is 0. The zero-order valence-corrected chi connectivity index (χ0v) is 14.0. The van der Waals surface area contributed by atoms with Crippen LogP contribution in [0.3, 0.4) is 0 Å². The minimum absolute atomic E-state index is 0.00603. The molecule has 0 spiro atoms. The first-order valence-corrected chi connectivity index (χ1v) is 8.60. The Bertz CT molecular complexity index is 712. The van der Waals surface area contributed by atoms with Gasteiger partial charge in [0.05, 0.1) is 24.3 Å². The Morgan fingerprint density at radius 1 is 1.16 bits per heavy atom. The van der Waals surface area contributed by atoms with Crippen molar-refractivity contribution >= 4 is 5.91 Å². The SMILES string of the molecule is O=C(c1cncnc1)N1CC[C@H]2OCCN(Cc3ccncc3)[C@@H]2C1. The molecule has 1 amide bonds. The summed E-state index contributed by atoms with van der Waals surface area (Å²) < 4.78 is 5.97. The van der Waals surface area contributed by atoms with E-state index < -0.39 is 0 Å². The maximum atomic E-state index is 12.7. The highest BCUT2D eigenvalue weighted by molar-refractivity contribution is 5.93. The van der Waals surface area contributed by atoms with Gasteiger partial charge < -0.3 is 9.64 Å². The highest BCUT2D eigenvalue weighted by Crippen LogP contribution is 2.25. The summed E-state index contributed by atoms with van der Waals surface area (Å²) in [5, 5.41) is 0. The molecule has 0 aromatic carbocycles. The summed E-state index contributed by atoms with van der Waals surface area (Å²) in [5.74, 6) is -0.00603. The normalized spacial score (nSPS) is 23.9. The molecule has 2 aromatic heterocycles. The Hall–Kier alpha value is -2.38. The molecule has 2 aliphatic heterocycles. The van der Waals surface area contributed by atoms with Gasteiger partial charge in [0.25, 0.3) is 5.91 Å². The molecule has 7 nitrogen and oxygen atoms in total. The molecule has 25 heavy (non-hydrogen) atoms. The smallest absolute Gasteiger partial charge is 0.257 e. The van der Waals surface area contributed by atoms with E-state index in [-0.39, 0.29) is 18.1 Å². The molecule has 0 radical (unpaired) electrons. The van der Waals surface area contributed by atoms with Crippen molar-refractivity contribution < 1.29 is 9.53 Å². The van der Waals surface area contributed by atoms with Gasteiger partial charge in [0.2, 0.25) is 0 Å². The fraction of sp³-hybridized carbons (Fsp3) is 0.444. The van der Waals surface area contributed by atoms with Crippen molar-refractivity contribution in [1.29, 1.82) is 0 Å². The van der Waals surface area contributed by atoms with Crippen molar-refractivity contribution in [2.24, 2.45) is 0 Å². The van der Waals surface area contributed by atoms with E-state index in [9.17, 15) is 4.79 Å². The van der Waals surface area contributed by atoms with Crippen LogP contribution in [0.5, 0.6) is 0 Å². The summed E-state index contributed by atoms with van der Waals surface area (Å²) in [6, 6.07) is 4.29. The van der Waals surface area contributed by atoms with Crippen LogP contribution in [0.15, 0.2) is 43.2 Å². The number of carbonyl (C=O) groups excluding carboxylic acids is 1. The Morgan fingerprint density at radius 3 is 2.76 bits per heavy atom. The van der Waals surface area contributed by atoms with Gasteiger partial charge >= 0.3 is 0 Å². The van der Waals surface area contributed by atoms with Gasteiger partial charge in [0.1, 0.15) is 6.33 Å². The second kappa shape index (κ2) is 7.25. The van der Waals surface area contributed by atoms with Gasteiger partial charge in [0, 0.05) is 51.0 Å². The molecule has 0 unspecified atom stereocenters. The highest BCUT2D eigenvalue weighted by atomic mass is 16.5. The third-order valence-electron chi connectivity index (χ3n) is 4.93. The maximum absolute atomic E-state index is 12.7. The molecule has 2 fully saturated rings. The lowest BCUT2D eigenvalue weighted by molar-refractivity contribution is -0.101. The predicted octanol–water partition coefficient (Wildman–Crippen LogP) is 0.987. The number of rotatable bonds is 3. The van der Waals surface area contributed by atoms with E-state index in [4.69, 9.17) is 4.74 Å². The Kier molecular flexibility index (Phi) is 4.67. The van der Waals surface area contributed by atoms with E-state index in [1.54, 1.807) is 12.4 Å². The second-order valence-electron chi connectivity index (χ2n) is 6.47. The van der Waals surface area contributed by atoms with Crippen LogP contribution in [0.4, 0.5) is 0 Å². The van der Waals surface area contributed by atoms with Crippen LogP contribution >= 0.6 is 0 Å². The molecule has 0 saturated carbocycles. The van der Waals surface area contributed by atoms with Crippen molar-refractivity contribution in [3.63, 3.8) is 0 Å². The van der Waals surface area contributed by atoms with E-state index in [1.807, 2.05) is 29.4 Å². The van der Waals surface area contributed by atoms with Gasteiger partial charge in [0.15, 0.2) is 0 Å². The van der Waals surface area contributed by atoms with Crippen LogP contribution in [0.25, 0.3) is 0 Å². The molecule has 2 saturated heterocycles. The molecule has 2 aromatic rings. The van der Waals surface area contributed by atoms with Crippen molar-refractivity contribution in [2.45, 2.75) is 25.1 Å². The number of amides is 1.